The number of halogens is 1. The van der Waals surface area contributed by atoms with E-state index >= 15 is 0 Å². The zero-order valence-electron chi connectivity index (χ0n) is 6.60. The highest BCUT2D eigenvalue weighted by molar-refractivity contribution is 8.03. The van der Waals surface area contributed by atoms with Crippen LogP contribution in [0.3, 0.4) is 0 Å². The third-order valence-corrected chi connectivity index (χ3v) is 2.92. The van der Waals surface area contributed by atoms with E-state index in [0.717, 1.165) is 10.6 Å². The Morgan fingerprint density at radius 2 is 2.25 bits per heavy atom. The predicted octanol–water partition coefficient (Wildman–Crippen LogP) is 3.96. The fraction of sp³-hybridized carbons (Fsp3) is 0.100. The van der Waals surface area contributed by atoms with Crippen LogP contribution < -0.4 is 0 Å². The van der Waals surface area contributed by atoms with Gasteiger partial charge in [-0.1, -0.05) is 23.4 Å². The predicted molar refractivity (Wildman–Crippen MR) is 54.5 cm³/mol. The monoisotopic (exact) mass is 194 g/mol. The number of rotatable bonds is 0. The molecule has 0 aliphatic carbocycles. The van der Waals surface area contributed by atoms with Crippen LogP contribution in [0.25, 0.3) is 6.08 Å². The summed E-state index contributed by atoms with van der Waals surface area (Å²) in [7, 11) is 0. The van der Waals surface area contributed by atoms with Crippen molar-refractivity contribution in [2.24, 2.45) is 0 Å². The van der Waals surface area contributed by atoms with Crippen LogP contribution in [0.1, 0.15) is 12.5 Å². The van der Waals surface area contributed by atoms with Crippen LogP contribution in [0.2, 0.25) is 5.02 Å². The van der Waals surface area contributed by atoms with Crippen LogP contribution in [-0.4, -0.2) is 0 Å². The van der Waals surface area contributed by atoms with Crippen LogP contribution in [0, 0.1) is 0 Å². The lowest BCUT2D eigenvalue weighted by Crippen LogP contribution is -1.82. The summed E-state index contributed by atoms with van der Waals surface area (Å²) in [6.45, 7) is 2.05. The first-order valence-corrected chi connectivity index (χ1v) is 4.86. The molecule has 1 aliphatic rings. The third-order valence-electron chi connectivity index (χ3n) is 1.67. The summed E-state index contributed by atoms with van der Waals surface area (Å²) in [6.07, 6.45) is 1.98. The molecule has 1 aromatic rings. The smallest absolute Gasteiger partial charge is 0.0412 e. The minimum atomic E-state index is 0.784. The summed E-state index contributed by atoms with van der Waals surface area (Å²) < 4.78 is 0. The van der Waals surface area contributed by atoms with Crippen molar-refractivity contribution < 1.29 is 0 Å². The fourth-order valence-corrected chi connectivity index (χ4v) is 2.10. The molecule has 1 aliphatic heterocycles. The molecule has 0 fully saturated rings. The summed E-state index contributed by atoms with van der Waals surface area (Å²) in [5.41, 5.74) is 4.33. The second-order valence-corrected chi connectivity index (χ2v) is 4.32. The Balaban J connectivity index is 2.58. The van der Waals surface area contributed by atoms with Crippen LogP contribution in [-0.2, 0) is 0 Å². The number of fused-ring (bicyclic) bond motifs is 1. The van der Waals surface area contributed by atoms with Crippen molar-refractivity contribution in [2.75, 3.05) is 0 Å². The molecule has 0 nitrogen and oxygen atoms in total. The molecule has 0 bridgehead atoms. The quantitative estimate of drug-likeness (QED) is 0.564. The van der Waals surface area contributed by atoms with E-state index in [2.05, 4.69) is 12.7 Å². The normalized spacial score (nSPS) is 14.0. The van der Waals surface area contributed by atoms with Crippen molar-refractivity contribution in [3.05, 3.63) is 39.4 Å². The second-order valence-electron chi connectivity index (χ2n) is 2.63. The molecule has 60 valence electrons. The van der Waals surface area contributed by atoms with Gasteiger partial charge in [-0.25, -0.2) is 0 Å². The largest absolute Gasteiger partial charge is 0.110 e. The van der Waals surface area contributed by atoms with Gasteiger partial charge in [-0.3, -0.25) is 0 Å². The molecule has 0 aromatic heterocycles. The summed E-state index contributed by atoms with van der Waals surface area (Å²) >= 11 is 7.59. The molecule has 0 atom stereocenters. The molecule has 0 saturated heterocycles. The van der Waals surface area contributed by atoms with Gasteiger partial charge in [0.15, 0.2) is 0 Å². The minimum Gasteiger partial charge on any atom is -0.110 e. The summed E-state index contributed by atoms with van der Waals surface area (Å²) in [4.78, 5) is 2.46. The Bertz CT molecular complexity index is 387. The van der Waals surface area contributed by atoms with Gasteiger partial charge in [-0.05, 0) is 36.8 Å². The molecular formula is C10H7ClS. The lowest BCUT2D eigenvalue weighted by atomic mass is 10.2. The zero-order valence-corrected chi connectivity index (χ0v) is 8.17. The Kier molecular flexibility index (Phi) is 2.02. The molecule has 1 aromatic carbocycles. The molecule has 0 unspecified atom stereocenters. The number of thioether (sulfide) groups is 1. The molecule has 2 heteroatoms. The van der Waals surface area contributed by atoms with E-state index in [1.807, 2.05) is 24.3 Å². The van der Waals surface area contributed by atoms with Gasteiger partial charge < -0.3 is 0 Å². The minimum absolute atomic E-state index is 0.784. The van der Waals surface area contributed by atoms with Gasteiger partial charge in [0.05, 0.1) is 0 Å². The number of hydrogen-bond donors (Lipinski definition) is 0. The first-order chi connectivity index (χ1) is 5.75. The highest BCUT2D eigenvalue weighted by Gasteiger charge is 2.05. The molecule has 0 amide bonds. The Morgan fingerprint density at radius 3 is 3.08 bits per heavy atom. The topological polar surface area (TPSA) is 0 Å². The first kappa shape index (κ1) is 8.00. The molecule has 0 saturated carbocycles. The summed E-state index contributed by atoms with van der Waals surface area (Å²) in [5, 5.41) is 0.784. The van der Waals surface area contributed by atoms with Crippen molar-refractivity contribution in [1.82, 2.24) is 0 Å². The number of allylic oxidation sites excluding steroid dienone is 1. The van der Waals surface area contributed by atoms with Gasteiger partial charge in [0.2, 0.25) is 0 Å². The van der Waals surface area contributed by atoms with Gasteiger partial charge >= 0.3 is 0 Å². The Hall–Kier alpha value is -0.620. The molecule has 1 heterocycles. The average molecular weight is 195 g/mol. The Morgan fingerprint density at radius 1 is 1.42 bits per heavy atom. The van der Waals surface area contributed by atoms with Crippen LogP contribution in [0.15, 0.2) is 33.7 Å². The molecule has 0 spiro atoms. The average Bonchev–Trinajstić information content (AvgIpc) is 2.05. The van der Waals surface area contributed by atoms with Gasteiger partial charge in [0.1, 0.15) is 0 Å². The molecule has 2 rings (SSSR count). The lowest BCUT2D eigenvalue weighted by molar-refractivity contribution is 1.41. The highest BCUT2D eigenvalue weighted by Crippen LogP contribution is 2.34. The van der Waals surface area contributed by atoms with E-state index in [0.29, 0.717) is 0 Å². The van der Waals surface area contributed by atoms with Crippen molar-refractivity contribution in [3.63, 3.8) is 0 Å². The van der Waals surface area contributed by atoms with Gasteiger partial charge in [-0.2, -0.15) is 0 Å². The van der Waals surface area contributed by atoms with Gasteiger partial charge in [0.25, 0.3) is 0 Å². The lowest BCUT2D eigenvalue weighted by Gasteiger charge is -2.08. The van der Waals surface area contributed by atoms with Crippen molar-refractivity contribution >= 4 is 29.4 Å². The third kappa shape index (κ3) is 1.44. The van der Waals surface area contributed by atoms with E-state index < -0.39 is 0 Å². The molecule has 0 N–H and O–H groups in total. The van der Waals surface area contributed by atoms with Crippen molar-refractivity contribution in [1.29, 1.82) is 0 Å². The summed E-state index contributed by atoms with van der Waals surface area (Å²) in [6, 6.07) is 5.92. The van der Waals surface area contributed by atoms with Gasteiger partial charge in [-0.15, -0.1) is 5.73 Å². The van der Waals surface area contributed by atoms with Crippen molar-refractivity contribution in [3.8, 4) is 0 Å². The van der Waals surface area contributed by atoms with E-state index in [4.69, 9.17) is 11.6 Å². The van der Waals surface area contributed by atoms with E-state index in [9.17, 15) is 0 Å². The van der Waals surface area contributed by atoms with Crippen LogP contribution in [0.4, 0.5) is 0 Å². The standard InChI is InChI=1S/C10H7ClS/c1-7-2-3-8-6-9(11)4-5-10(8)12-7/h3-6H,1H3. The maximum atomic E-state index is 5.85. The van der Waals surface area contributed by atoms with Crippen LogP contribution in [0.5, 0.6) is 0 Å². The maximum Gasteiger partial charge on any atom is 0.0412 e. The molecular weight excluding hydrogens is 188 g/mol. The second kappa shape index (κ2) is 3.02. The Labute approximate surface area is 80.9 Å². The van der Waals surface area contributed by atoms with E-state index in [1.165, 1.54) is 9.80 Å². The van der Waals surface area contributed by atoms with Crippen molar-refractivity contribution in [2.45, 2.75) is 11.8 Å². The zero-order chi connectivity index (χ0) is 8.55. The first-order valence-electron chi connectivity index (χ1n) is 3.66. The maximum absolute atomic E-state index is 5.85. The van der Waals surface area contributed by atoms with E-state index in [1.54, 1.807) is 11.8 Å². The van der Waals surface area contributed by atoms with Gasteiger partial charge in [0, 0.05) is 14.8 Å². The van der Waals surface area contributed by atoms with Crippen LogP contribution >= 0.6 is 23.4 Å². The SMILES string of the molecule is CC1=C=Cc2cc(Cl)ccc2S1. The highest BCUT2D eigenvalue weighted by atomic mass is 35.5. The number of benzene rings is 1. The van der Waals surface area contributed by atoms with E-state index in [-0.39, 0.29) is 0 Å². The summed E-state index contributed by atoms with van der Waals surface area (Å²) in [5.74, 6) is 0. The fourth-order valence-electron chi connectivity index (χ4n) is 1.10. The molecule has 12 heavy (non-hydrogen) atoms. The molecule has 0 radical (unpaired) electrons. The number of hydrogen-bond acceptors (Lipinski definition) is 1.